The average molecular weight is 423 g/mol. The van der Waals surface area contributed by atoms with Gasteiger partial charge in [-0.25, -0.2) is 4.98 Å². The van der Waals surface area contributed by atoms with Crippen LogP contribution in [0.3, 0.4) is 0 Å². The Balaban J connectivity index is 1.53. The average Bonchev–Trinajstić information content (AvgIpc) is 3.15. The number of aryl methyl sites for hydroxylation is 1. The first-order chi connectivity index (χ1) is 13.3. The molecular weight excluding hydrogens is 396 g/mol. The fourth-order valence-electron chi connectivity index (χ4n) is 3.23. The van der Waals surface area contributed by atoms with Crippen molar-refractivity contribution in [3.8, 4) is 0 Å². The van der Waals surface area contributed by atoms with E-state index in [2.05, 4.69) is 10.3 Å². The first kappa shape index (κ1) is 20.9. The van der Waals surface area contributed by atoms with Crippen LogP contribution in [0.2, 0.25) is 0 Å². The van der Waals surface area contributed by atoms with Crippen molar-refractivity contribution < 1.29 is 13.2 Å². The number of anilines is 1. The summed E-state index contributed by atoms with van der Waals surface area (Å²) in [5.41, 5.74) is 1.65. The molecule has 1 aliphatic heterocycles. The number of carbonyl (C=O) groups is 1. The molecule has 0 saturated carbocycles. The molecule has 1 aromatic heterocycles. The monoisotopic (exact) mass is 422 g/mol. The van der Waals surface area contributed by atoms with Gasteiger partial charge in [-0.05, 0) is 31.2 Å². The van der Waals surface area contributed by atoms with Crippen molar-refractivity contribution >= 4 is 32.5 Å². The van der Waals surface area contributed by atoms with E-state index in [0.717, 1.165) is 30.1 Å². The zero-order valence-electron chi connectivity index (χ0n) is 16.4. The van der Waals surface area contributed by atoms with E-state index in [0.29, 0.717) is 29.4 Å². The lowest BCUT2D eigenvalue weighted by Gasteiger charge is -2.32. The number of benzene rings is 1. The van der Waals surface area contributed by atoms with Gasteiger partial charge in [-0.2, -0.15) is 17.0 Å². The molecule has 0 radical (unpaired) electrons. The van der Waals surface area contributed by atoms with Gasteiger partial charge < -0.3 is 5.32 Å². The van der Waals surface area contributed by atoms with Crippen molar-refractivity contribution in [1.82, 2.24) is 13.6 Å². The van der Waals surface area contributed by atoms with Crippen LogP contribution in [0.25, 0.3) is 0 Å². The van der Waals surface area contributed by atoms with Gasteiger partial charge >= 0.3 is 0 Å². The smallest absolute Gasteiger partial charge is 0.281 e. The van der Waals surface area contributed by atoms with E-state index in [1.54, 1.807) is 20.3 Å². The van der Waals surface area contributed by atoms with Crippen LogP contribution >= 0.6 is 11.3 Å². The minimum Gasteiger partial charge on any atom is -0.361 e. The van der Waals surface area contributed by atoms with E-state index in [9.17, 15) is 13.2 Å². The Bertz CT molecular complexity index is 932. The Kier molecular flexibility index (Phi) is 6.49. The summed E-state index contributed by atoms with van der Waals surface area (Å²) in [6.45, 7) is 3.71. The van der Waals surface area contributed by atoms with Crippen LogP contribution in [0.4, 0.5) is 5.13 Å². The largest absolute Gasteiger partial charge is 0.361 e. The van der Waals surface area contributed by atoms with Gasteiger partial charge in [-0.1, -0.05) is 35.6 Å². The number of aromatic nitrogens is 1. The summed E-state index contributed by atoms with van der Waals surface area (Å²) in [4.78, 5) is 17.6. The van der Waals surface area contributed by atoms with Gasteiger partial charge in [0, 0.05) is 39.3 Å². The quantitative estimate of drug-likeness (QED) is 0.694. The molecule has 1 N–H and O–H groups in total. The summed E-state index contributed by atoms with van der Waals surface area (Å²) >= 11 is 1.36. The molecule has 152 valence electrons. The molecule has 1 saturated heterocycles. The maximum absolute atomic E-state index is 12.6. The number of carbonyl (C=O) groups excluding carboxylic acids is 1. The highest BCUT2D eigenvalue weighted by atomic mass is 32.2. The van der Waals surface area contributed by atoms with Crippen LogP contribution < -0.4 is 5.32 Å². The molecule has 1 aliphatic rings. The molecule has 1 fully saturated rings. The SMILES string of the molecule is Cc1ccccc1C(=O)c1cnc(NCC2CCN(S(=O)(=O)N(C)C)CC2)s1. The maximum Gasteiger partial charge on any atom is 0.281 e. The van der Waals surface area contributed by atoms with Crippen molar-refractivity contribution in [2.24, 2.45) is 5.92 Å². The second-order valence-corrected chi connectivity index (χ2v) is 10.4. The second-order valence-electron chi connectivity index (χ2n) is 7.19. The predicted octanol–water partition coefficient (Wildman–Crippen LogP) is 2.61. The Morgan fingerprint density at radius 1 is 1.29 bits per heavy atom. The minimum absolute atomic E-state index is 0.00847. The second kappa shape index (κ2) is 8.69. The fraction of sp³-hybridized carbons (Fsp3) is 0.474. The number of nitrogens with zero attached hydrogens (tertiary/aromatic N) is 3. The van der Waals surface area contributed by atoms with E-state index in [1.165, 1.54) is 19.9 Å². The van der Waals surface area contributed by atoms with Crippen molar-refractivity contribution in [2.75, 3.05) is 39.0 Å². The third kappa shape index (κ3) is 4.60. The number of thiazole rings is 1. The molecule has 28 heavy (non-hydrogen) atoms. The van der Waals surface area contributed by atoms with Gasteiger partial charge in [0.15, 0.2) is 5.13 Å². The van der Waals surface area contributed by atoms with Crippen molar-refractivity contribution in [2.45, 2.75) is 19.8 Å². The summed E-state index contributed by atoms with van der Waals surface area (Å²) in [7, 11) is -0.215. The molecule has 0 amide bonds. The van der Waals surface area contributed by atoms with Gasteiger partial charge in [0.2, 0.25) is 5.78 Å². The predicted molar refractivity (Wildman–Crippen MR) is 112 cm³/mol. The van der Waals surface area contributed by atoms with Crippen molar-refractivity contribution in [3.63, 3.8) is 0 Å². The zero-order chi connectivity index (χ0) is 20.3. The van der Waals surface area contributed by atoms with Crippen molar-refractivity contribution in [3.05, 3.63) is 46.5 Å². The Hall–Kier alpha value is -1.81. The third-order valence-corrected chi connectivity index (χ3v) is 7.92. The molecule has 0 bridgehead atoms. The Morgan fingerprint density at radius 2 is 1.96 bits per heavy atom. The van der Waals surface area contributed by atoms with Crippen molar-refractivity contribution in [1.29, 1.82) is 0 Å². The van der Waals surface area contributed by atoms with Gasteiger partial charge in [0.25, 0.3) is 10.2 Å². The topological polar surface area (TPSA) is 82.6 Å². The van der Waals surface area contributed by atoms with Gasteiger partial charge in [-0.3, -0.25) is 4.79 Å². The van der Waals surface area contributed by atoms with Gasteiger partial charge in [0.1, 0.15) is 0 Å². The molecule has 0 unspecified atom stereocenters. The molecule has 9 heteroatoms. The van der Waals surface area contributed by atoms with E-state index in [-0.39, 0.29) is 5.78 Å². The number of nitrogens with one attached hydrogen (secondary N) is 1. The highest BCUT2D eigenvalue weighted by Gasteiger charge is 2.29. The van der Waals surface area contributed by atoms with Gasteiger partial charge in [0.05, 0.1) is 11.1 Å². The first-order valence-electron chi connectivity index (χ1n) is 9.26. The minimum atomic E-state index is -3.33. The van der Waals surface area contributed by atoms with E-state index >= 15 is 0 Å². The highest BCUT2D eigenvalue weighted by Crippen LogP contribution is 2.25. The summed E-state index contributed by atoms with van der Waals surface area (Å²) in [6.07, 6.45) is 3.23. The molecule has 0 atom stereocenters. The molecule has 2 aromatic rings. The molecule has 0 aliphatic carbocycles. The standard InChI is InChI=1S/C19H26N4O3S2/c1-14-6-4-5-7-16(14)18(24)17-13-21-19(27-17)20-12-15-8-10-23(11-9-15)28(25,26)22(2)3/h4-7,13,15H,8-12H2,1-3H3,(H,20,21). The van der Waals surface area contributed by atoms with Crippen LogP contribution in [0.1, 0.15) is 33.6 Å². The van der Waals surface area contributed by atoms with Crippen LogP contribution in [0.5, 0.6) is 0 Å². The van der Waals surface area contributed by atoms with E-state index in [1.807, 2.05) is 31.2 Å². The lowest BCUT2D eigenvalue weighted by Crippen LogP contribution is -2.45. The number of ketones is 1. The lowest BCUT2D eigenvalue weighted by molar-refractivity contribution is 0.104. The normalized spacial score (nSPS) is 16.4. The molecular formula is C19H26N4O3S2. The lowest BCUT2D eigenvalue weighted by atomic mass is 9.98. The van der Waals surface area contributed by atoms with Crippen LogP contribution in [0.15, 0.2) is 30.5 Å². The Morgan fingerprint density at radius 3 is 2.61 bits per heavy atom. The fourth-order valence-corrected chi connectivity index (χ4v) is 5.14. The van der Waals surface area contributed by atoms with E-state index in [4.69, 9.17) is 0 Å². The molecule has 7 nitrogen and oxygen atoms in total. The number of piperidine rings is 1. The zero-order valence-corrected chi connectivity index (χ0v) is 18.0. The van der Waals surface area contributed by atoms with Crippen LogP contribution in [-0.2, 0) is 10.2 Å². The molecule has 0 spiro atoms. The molecule has 2 heterocycles. The Labute approximate surface area is 170 Å². The molecule has 1 aromatic carbocycles. The van der Waals surface area contributed by atoms with Gasteiger partial charge in [-0.15, -0.1) is 0 Å². The number of hydrogen-bond donors (Lipinski definition) is 1. The summed E-state index contributed by atoms with van der Waals surface area (Å²) in [6, 6.07) is 7.54. The number of hydrogen-bond acceptors (Lipinski definition) is 6. The molecule has 3 rings (SSSR count). The van der Waals surface area contributed by atoms with Crippen LogP contribution in [0, 0.1) is 12.8 Å². The number of rotatable bonds is 7. The van der Waals surface area contributed by atoms with E-state index < -0.39 is 10.2 Å². The maximum atomic E-state index is 12.6. The highest BCUT2D eigenvalue weighted by molar-refractivity contribution is 7.86. The summed E-state index contributed by atoms with van der Waals surface area (Å²) in [5, 5.41) is 4.03. The third-order valence-electron chi connectivity index (χ3n) is 5.02. The first-order valence-corrected chi connectivity index (χ1v) is 11.5. The summed E-state index contributed by atoms with van der Waals surface area (Å²) in [5.74, 6) is 0.374. The van der Waals surface area contributed by atoms with Crippen LogP contribution in [-0.4, -0.2) is 61.5 Å². The summed E-state index contributed by atoms with van der Waals surface area (Å²) < 4.78 is 27.1.